The molecule has 3 aliphatic rings. The van der Waals surface area contributed by atoms with Crippen LogP contribution in [0.1, 0.15) is 74.0 Å². The van der Waals surface area contributed by atoms with Crippen molar-refractivity contribution in [3.05, 3.63) is 47.8 Å². The summed E-state index contributed by atoms with van der Waals surface area (Å²) in [6, 6.07) is 11.9. The van der Waals surface area contributed by atoms with Gasteiger partial charge in [0.05, 0.1) is 16.9 Å². The Morgan fingerprint density at radius 3 is 2.43 bits per heavy atom. The molecular weight excluding hydrogens is 376 g/mol. The predicted octanol–water partition coefficient (Wildman–Crippen LogP) is 3.76. The minimum Gasteiger partial charge on any atom is -0.334 e. The highest BCUT2D eigenvalue weighted by molar-refractivity contribution is 5.93. The smallest absolute Gasteiger partial charge is 0.272 e. The van der Waals surface area contributed by atoms with Crippen molar-refractivity contribution in [2.45, 2.75) is 63.3 Å². The number of amides is 2. The highest BCUT2D eigenvalue weighted by Crippen LogP contribution is 2.40. The topological polar surface area (TPSA) is 58.4 Å². The van der Waals surface area contributed by atoms with Crippen molar-refractivity contribution in [1.29, 1.82) is 0 Å². The maximum absolute atomic E-state index is 13.7. The first-order chi connectivity index (χ1) is 14.6. The molecule has 1 aromatic carbocycles. The first-order valence-electron chi connectivity index (χ1n) is 11.3. The third kappa shape index (κ3) is 3.42. The van der Waals surface area contributed by atoms with Crippen LogP contribution in [-0.4, -0.2) is 56.6 Å². The Bertz CT molecular complexity index is 941. The molecule has 3 fully saturated rings. The molecule has 158 valence electrons. The normalized spacial score (nSPS) is 21.1. The van der Waals surface area contributed by atoms with Crippen LogP contribution in [0.3, 0.4) is 0 Å². The Labute approximate surface area is 177 Å². The highest BCUT2D eigenvalue weighted by atomic mass is 16.2. The third-order valence-electron chi connectivity index (χ3n) is 7.05. The van der Waals surface area contributed by atoms with Crippen molar-refractivity contribution in [3.8, 4) is 5.69 Å². The number of aromatic nitrogens is 2. The second-order valence-corrected chi connectivity index (χ2v) is 9.16. The molecule has 2 amide bonds. The minimum atomic E-state index is -0.199. The zero-order valence-corrected chi connectivity index (χ0v) is 17.7. The molecule has 1 saturated heterocycles. The number of para-hydroxylation sites is 1. The van der Waals surface area contributed by atoms with E-state index in [4.69, 9.17) is 5.10 Å². The lowest BCUT2D eigenvalue weighted by Crippen LogP contribution is -2.65. The van der Waals surface area contributed by atoms with E-state index in [1.807, 2.05) is 50.9 Å². The van der Waals surface area contributed by atoms with Gasteiger partial charge in [0.15, 0.2) is 0 Å². The van der Waals surface area contributed by atoms with Crippen LogP contribution in [0.15, 0.2) is 36.4 Å². The molecule has 1 aromatic heterocycles. The summed E-state index contributed by atoms with van der Waals surface area (Å²) in [7, 11) is 0. The summed E-state index contributed by atoms with van der Waals surface area (Å²) < 4.78 is 1.82. The number of carbonyl (C=O) groups excluding carboxylic acids is 2. The summed E-state index contributed by atoms with van der Waals surface area (Å²) in [4.78, 5) is 30.1. The predicted molar refractivity (Wildman–Crippen MR) is 115 cm³/mol. The third-order valence-corrected chi connectivity index (χ3v) is 7.05. The van der Waals surface area contributed by atoms with Gasteiger partial charge in [-0.3, -0.25) is 9.59 Å². The van der Waals surface area contributed by atoms with Gasteiger partial charge in [0.2, 0.25) is 5.91 Å². The molecule has 2 saturated carbocycles. The quantitative estimate of drug-likeness (QED) is 0.780. The molecule has 0 unspecified atom stereocenters. The zero-order chi connectivity index (χ0) is 20.7. The fraction of sp³-hybridized carbons (Fsp3) is 0.542. The van der Waals surface area contributed by atoms with Crippen LogP contribution in [-0.2, 0) is 4.79 Å². The van der Waals surface area contributed by atoms with E-state index < -0.39 is 0 Å². The SMILES string of the molecule is CC(=O)N1CCN(C(=O)c2cc(C3CC3)nn2-c2ccccc2)CC12CCCCC2. The molecular formula is C24H30N4O2. The molecule has 0 bridgehead atoms. The van der Waals surface area contributed by atoms with Gasteiger partial charge in [-0.15, -0.1) is 0 Å². The molecule has 30 heavy (non-hydrogen) atoms. The van der Waals surface area contributed by atoms with Crippen LogP contribution >= 0.6 is 0 Å². The Kier molecular flexibility index (Phi) is 4.88. The minimum absolute atomic E-state index is 0.0337. The maximum Gasteiger partial charge on any atom is 0.272 e. The van der Waals surface area contributed by atoms with Crippen LogP contribution in [0.25, 0.3) is 5.69 Å². The van der Waals surface area contributed by atoms with Crippen molar-refractivity contribution in [2.75, 3.05) is 19.6 Å². The molecule has 5 rings (SSSR count). The van der Waals surface area contributed by atoms with E-state index in [0.717, 1.165) is 49.9 Å². The number of benzene rings is 1. The highest BCUT2D eigenvalue weighted by Gasteiger charge is 2.45. The Balaban J connectivity index is 1.47. The first kappa shape index (κ1) is 19.3. The van der Waals surface area contributed by atoms with Crippen LogP contribution in [0, 0.1) is 0 Å². The van der Waals surface area contributed by atoms with Crippen LogP contribution in [0.4, 0.5) is 0 Å². The van der Waals surface area contributed by atoms with E-state index in [-0.39, 0.29) is 17.4 Å². The van der Waals surface area contributed by atoms with E-state index in [1.54, 1.807) is 6.92 Å². The second-order valence-electron chi connectivity index (χ2n) is 9.16. The summed E-state index contributed by atoms with van der Waals surface area (Å²) in [5.41, 5.74) is 2.39. The van der Waals surface area contributed by atoms with E-state index in [2.05, 4.69) is 0 Å². The molecule has 1 aliphatic heterocycles. The summed E-state index contributed by atoms with van der Waals surface area (Å²) in [6.07, 6.45) is 7.75. The van der Waals surface area contributed by atoms with Gasteiger partial charge < -0.3 is 9.80 Å². The molecule has 2 heterocycles. The Morgan fingerprint density at radius 2 is 1.77 bits per heavy atom. The van der Waals surface area contributed by atoms with Crippen molar-refractivity contribution < 1.29 is 9.59 Å². The van der Waals surface area contributed by atoms with E-state index in [0.29, 0.717) is 31.2 Å². The largest absolute Gasteiger partial charge is 0.334 e. The van der Waals surface area contributed by atoms with Gasteiger partial charge in [0.1, 0.15) is 5.69 Å². The standard InChI is InChI=1S/C24H30N4O2/c1-18(29)27-15-14-26(17-24(27)12-6-3-7-13-24)23(30)22-16-21(19-10-11-19)25-28(22)20-8-4-2-5-9-20/h2,4-5,8-9,16,19H,3,6-7,10-15,17H2,1H3. The van der Waals surface area contributed by atoms with Crippen LogP contribution in [0.2, 0.25) is 0 Å². The van der Waals surface area contributed by atoms with Crippen molar-refractivity contribution in [1.82, 2.24) is 19.6 Å². The van der Waals surface area contributed by atoms with Gasteiger partial charge in [0.25, 0.3) is 5.91 Å². The molecule has 0 radical (unpaired) electrons. The summed E-state index contributed by atoms with van der Waals surface area (Å²) in [5.74, 6) is 0.654. The first-order valence-corrected chi connectivity index (χ1v) is 11.3. The van der Waals surface area contributed by atoms with Gasteiger partial charge >= 0.3 is 0 Å². The van der Waals surface area contributed by atoms with Gasteiger partial charge in [-0.05, 0) is 43.9 Å². The number of piperazine rings is 1. The van der Waals surface area contributed by atoms with Crippen molar-refractivity contribution >= 4 is 11.8 Å². The van der Waals surface area contributed by atoms with E-state index in [9.17, 15) is 9.59 Å². The molecule has 6 nitrogen and oxygen atoms in total. The summed E-state index contributed by atoms with van der Waals surface area (Å²) in [5, 5.41) is 4.81. The maximum atomic E-state index is 13.7. The van der Waals surface area contributed by atoms with Gasteiger partial charge in [0, 0.05) is 32.5 Å². The second kappa shape index (κ2) is 7.56. The van der Waals surface area contributed by atoms with Gasteiger partial charge in [-0.2, -0.15) is 5.10 Å². The number of hydrogen-bond donors (Lipinski definition) is 0. The Morgan fingerprint density at radius 1 is 1.03 bits per heavy atom. The molecule has 0 atom stereocenters. The molecule has 6 heteroatoms. The lowest BCUT2D eigenvalue weighted by molar-refractivity contribution is -0.141. The summed E-state index contributed by atoms with van der Waals surface area (Å²) in [6.45, 7) is 3.50. The fourth-order valence-electron chi connectivity index (χ4n) is 5.34. The monoisotopic (exact) mass is 406 g/mol. The summed E-state index contributed by atoms with van der Waals surface area (Å²) >= 11 is 0. The average Bonchev–Trinajstić information content (AvgIpc) is 3.52. The Hall–Kier alpha value is -2.63. The zero-order valence-electron chi connectivity index (χ0n) is 17.7. The van der Waals surface area contributed by atoms with Gasteiger partial charge in [-0.25, -0.2) is 4.68 Å². The molecule has 0 N–H and O–H groups in total. The average molecular weight is 407 g/mol. The molecule has 2 aromatic rings. The lowest BCUT2D eigenvalue weighted by atomic mass is 9.78. The molecule has 2 aliphatic carbocycles. The van der Waals surface area contributed by atoms with Crippen LogP contribution < -0.4 is 0 Å². The van der Waals surface area contributed by atoms with Crippen LogP contribution in [0.5, 0.6) is 0 Å². The van der Waals surface area contributed by atoms with E-state index in [1.165, 1.54) is 6.42 Å². The number of carbonyl (C=O) groups is 2. The van der Waals surface area contributed by atoms with Crippen molar-refractivity contribution in [2.24, 2.45) is 0 Å². The lowest BCUT2D eigenvalue weighted by Gasteiger charge is -2.52. The number of nitrogens with zero attached hydrogens (tertiary/aromatic N) is 4. The number of rotatable bonds is 3. The number of hydrogen-bond acceptors (Lipinski definition) is 3. The van der Waals surface area contributed by atoms with Gasteiger partial charge in [-0.1, -0.05) is 37.5 Å². The van der Waals surface area contributed by atoms with Crippen molar-refractivity contribution in [3.63, 3.8) is 0 Å². The molecule has 1 spiro atoms. The fourth-order valence-corrected chi connectivity index (χ4v) is 5.34. The van der Waals surface area contributed by atoms with E-state index >= 15 is 0 Å².